The number of carbonyl (C=O) groups excluding carboxylic acids is 2. The van der Waals surface area contributed by atoms with Gasteiger partial charge in [0.25, 0.3) is 0 Å². The normalized spacial score (nSPS) is 10.5. The van der Waals surface area contributed by atoms with Crippen molar-refractivity contribution in [2.45, 2.75) is 13.8 Å². The molecule has 0 aliphatic carbocycles. The quantitative estimate of drug-likeness (QED) is 0.331. The second-order valence-electron chi connectivity index (χ2n) is 5.18. The molecular formula is C20H20O5. The van der Waals surface area contributed by atoms with E-state index < -0.39 is 5.97 Å². The topological polar surface area (TPSA) is 61.8 Å². The first-order valence-electron chi connectivity index (χ1n) is 7.85. The van der Waals surface area contributed by atoms with Gasteiger partial charge in [0, 0.05) is 11.6 Å². The molecule has 5 nitrogen and oxygen atoms in total. The average Bonchev–Trinajstić information content (AvgIpc) is 2.61. The Hall–Kier alpha value is -3.08. The molecule has 130 valence electrons. The van der Waals surface area contributed by atoms with E-state index in [1.165, 1.54) is 13.0 Å². The molecule has 25 heavy (non-hydrogen) atoms. The molecule has 0 aromatic heterocycles. The van der Waals surface area contributed by atoms with Crippen LogP contribution in [0.3, 0.4) is 0 Å². The molecule has 0 saturated heterocycles. The van der Waals surface area contributed by atoms with Crippen LogP contribution in [0.4, 0.5) is 0 Å². The van der Waals surface area contributed by atoms with E-state index in [-0.39, 0.29) is 5.78 Å². The lowest BCUT2D eigenvalue weighted by molar-refractivity contribution is -0.128. The molecule has 0 atom stereocenters. The smallest absolute Gasteiger partial charge is 0.336 e. The molecule has 0 bridgehead atoms. The molecule has 0 aliphatic rings. The summed E-state index contributed by atoms with van der Waals surface area (Å²) in [7, 11) is 1.56. The molecule has 5 heteroatoms. The Labute approximate surface area is 146 Å². The fourth-order valence-corrected chi connectivity index (χ4v) is 2.13. The summed E-state index contributed by atoms with van der Waals surface area (Å²) in [6, 6.07) is 11.8. The van der Waals surface area contributed by atoms with Crippen LogP contribution in [0.2, 0.25) is 0 Å². The van der Waals surface area contributed by atoms with E-state index in [0.717, 1.165) is 5.56 Å². The van der Waals surface area contributed by atoms with Crippen LogP contribution >= 0.6 is 0 Å². The first-order chi connectivity index (χ1) is 12.0. The summed E-state index contributed by atoms with van der Waals surface area (Å²) >= 11 is 0. The molecule has 0 amide bonds. The number of rotatable bonds is 7. The van der Waals surface area contributed by atoms with Gasteiger partial charge in [0.2, 0.25) is 0 Å². The number of ketones is 1. The van der Waals surface area contributed by atoms with Gasteiger partial charge in [-0.2, -0.15) is 0 Å². The maximum atomic E-state index is 11.9. The molecule has 0 heterocycles. The van der Waals surface area contributed by atoms with Gasteiger partial charge in [-0.1, -0.05) is 6.07 Å². The molecule has 0 fully saturated rings. The summed E-state index contributed by atoms with van der Waals surface area (Å²) in [5, 5.41) is 0. The van der Waals surface area contributed by atoms with Crippen LogP contribution < -0.4 is 14.2 Å². The standard InChI is InChI=1S/C20H20O5/c1-4-24-18-11-5-15(13-19(18)23-3)6-12-20(22)25-17-9-7-16(8-10-17)14(2)21/h5-13H,4H2,1-3H3/b12-6+. The van der Waals surface area contributed by atoms with Crippen molar-refractivity contribution in [2.24, 2.45) is 0 Å². The fraction of sp³-hybridized carbons (Fsp3) is 0.200. The van der Waals surface area contributed by atoms with Gasteiger partial charge in [-0.25, -0.2) is 4.79 Å². The summed E-state index contributed by atoms with van der Waals surface area (Å²) in [5.74, 6) is 1.07. The van der Waals surface area contributed by atoms with E-state index >= 15 is 0 Å². The number of methoxy groups -OCH3 is 1. The number of Topliss-reactive ketones (excluding diaryl/α,β-unsaturated/α-hetero) is 1. The van der Waals surface area contributed by atoms with Crippen LogP contribution in [-0.4, -0.2) is 25.5 Å². The van der Waals surface area contributed by atoms with Gasteiger partial charge in [0.05, 0.1) is 13.7 Å². The Bertz CT molecular complexity index is 775. The van der Waals surface area contributed by atoms with Crippen molar-refractivity contribution >= 4 is 17.8 Å². The molecule has 2 rings (SSSR count). The zero-order chi connectivity index (χ0) is 18.2. The lowest BCUT2D eigenvalue weighted by atomic mass is 10.1. The molecule has 2 aromatic rings. The average molecular weight is 340 g/mol. The zero-order valence-electron chi connectivity index (χ0n) is 14.4. The number of hydrogen-bond donors (Lipinski definition) is 0. The molecule has 0 unspecified atom stereocenters. The Morgan fingerprint density at radius 2 is 1.76 bits per heavy atom. The van der Waals surface area contributed by atoms with Gasteiger partial charge in [-0.3, -0.25) is 4.79 Å². The molecule has 0 aliphatic heterocycles. The molecular weight excluding hydrogens is 320 g/mol. The van der Waals surface area contributed by atoms with Crippen molar-refractivity contribution < 1.29 is 23.8 Å². The maximum Gasteiger partial charge on any atom is 0.336 e. The fourth-order valence-electron chi connectivity index (χ4n) is 2.13. The van der Waals surface area contributed by atoms with Crippen molar-refractivity contribution in [3.8, 4) is 17.2 Å². The largest absolute Gasteiger partial charge is 0.493 e. The van der Waals surface area contributed by atoms with Gasteiger partial charge in [0.1, 0.15) is 5.75 Å². The van der Waals surface area contributed by atoms with Gasteiger partial charge in [-0.15, -0.1) is 0 Å². The van der Waals surface area contributed by atoms with Crippen LogP contribution in [0.1, 0.15) is 29.8 Å². The predicted octanol–water partition coefficient (Wildman–Crippen LogP) is 3.92. The zero-order valence-corrected chi connectivity index (χ0v) is 14.4. The second-order valence-corrected chi connectivity index (χ2v) is 5.18. The van der Waals surface area contributed by atoms with E-state index in [1.54, 1.807) is 49.6 Å². The summed E-state index contributed by atoms with van der Waals surface area (Å²) in [5.41, 5.74) is 1.35. The van der Waals surface area contributed by atoms with Crippen LogP contribution in [0, 0.1) is 0 Å². The molecule has 0 N–H and O–H groups in total. The van der Waals surface area contributed by atoms with Crippen LogP contribution in [0.5, 0.6) is 17.2 Å². The molecule has 0 spiro atoms. The molecule has 0 saturated carbocycles. The van der Waals surface area contributed by atoms with Crippen LogP contribution in [-0.2, 0) is 4.79 Å². The Morgan fingerprint density at radius 3 is 2.36 bits per heavy atom. The molecule has 2 aromatic carbocycles. The van der Waals surface area contributed by atoms with Crippen LogP contribution in [0.15, 0.2) is 48.5 Å². The highest BCUT2D eigenvalue weighted by Crippen LogP contribution is 2.28. The Kier molecular flexibility index (Phi) is 6.34. The number of ether oxygens (including phenoxy) is 3. The van der Waals surface area contributed by atoms with E-state index in [0.29, 0.717) is 29.4 Å². The third kappa shape index (κ3) is 5.21. The van der Waals surface area contributed by atoms with Crippen molar-refractivity contribution in [3.63, 3.8) is 0 Å². The highest BCUT2D eigenvalue weighted by molar-refractivity contribution is 5.94. The summed E-state index contributed by atoms with van der Waals surface area (Å²) in [6.07, 6.45) is 2.96. The number of hydrogen-bond acceptors (Lipinski definition) is 5. The van der Waals surface area contributed by atoms with Crippen molar-refractivity contribution in [2.75, 3.05) is 13.7 Å². The van der Waals surface area contributed by atoms with Crippen LogP contribution in [0.25, 0.3) is 6.08 Å². The summed E-state index contributed by atoms with van der Waals surface area (Å²) in [4.78, 5) is 23.1. The minimum Gasteiger partial charge on any atom is -0.493 e. The van der Waals surface area contributed by atoms with Crippen molar-refractivity contribution in [1.82, 2.24) is 0 Å². The van der Waals surface area contributed by atoms with E-state index in [4.69, 9.17) is 14.2 Å². The van der Waals surface area contributed by atoms with E-state index in [2.05, 4.69) is 0 Å². The lowest BCUT2D eigenvalue weighted by Crippen LogP contribution is -2.04. The Balaban J connectivity index is 2.03. The van der Waals surface area contributed by atoms with Crippen molar-refractivity contribution in [1.29, 1.82) is 0 Å². The monoisotopic (exact) mass is 340 g/mol. The summed E-state index contributed by atoms with van der Waals surface area (Å²) < 4.78 is 15.9. The van der Waals surface area contributed by atoms with Crippen molar-refractivity contribution in [3.05, 3.63) is 59.7 Å². The predicted molar refractivity (Wildman–Crippen MR) is 95.3 cm³/mol. The third-order valence-corrected chi connectivity index (χ3v) is 3.38. The highest BCUT2D eigenvalue weighted by atomic mass is 16.5. The first kappa shape index (κ1) is 18.3. The third-order valence-electron chi connectivity index (χ3n) is 3.38. The van der Waals surface area contributed by atoms with Gasteiger partial charge >= 0.3 is 5.97 Å². The lowest BCUT2D eigenvalue weighted by Gasteiger charge is -2.09. The number of carbonyl (C=O) groups is 2. The van der Waals surface area contributed by atoms with E-state index in [9.17, 15) is 9.59 Å². The SMILES string of the molecule is CCOc1ccc(/C=C/C(=O)Oc2ccc(C(C)=O)cc2)cc1OC. The van der Waals surface area contributed by atoms with E-state index in [1.807, 2.05) is 13.0 Å². The van der Waals surface area contributed by atoms with Gasteiger partial charge < -0.3 is 14.2 Å². The number of esters is 1. The minimum atomic E-state index is -0.511. The molecule has 0 radical (unpaired) electrons. The second kappa shape index (κ2) is 8.68. The van der Waals surface area contributed by atoms with Gasteiger partial charge in [0.15, 0.2) is 17.3 Å². The maximum absolute atomic E-state index is 11.9. The Morgan fingerprint density at radius 1 is 1.04 bits per heavy atom. The number of benzene rings is 2. The minimum absolute atomic E-state index is 0.0396. The first-order valence-corrected chi connectivity index (χ1v) is 7.85. The van der Waals surface area contributed by atoms with Gasteiger partial charge in [-0.05, 0) is 61.9 Å². The highest BCUT2D eigenvalue weighted by Gasteiger charge is 2.05. The summed E-state index contributed by atoms with van der Waals surface area (Å²) in [6.45, 7) is 3.92.